The zero-order valence-electron chi connectivity index (χ0n) is 16.6. The minimum Gasteiger partial charge on any atom is -0.746 e. The van der Waals surface area contributed by atoms with Gasteiger partial charge in [0.15, 0.2) is 6.10 Å². The summed E-state index contributed by atoms with van der Waals surface area (Å²) in [6, 6.07) is -0.928. The van der Waals surface area contributed by atoms with E-state index in [4.69, 9.17) is 9.47 Å². The summed E-state index contributed by atoms with van der Waals surface area (Å²) in [5, 5.41) is -4.94. The SMILES string of the molecule is CC(C)N1C(=O)C2C3OC(C(OC(=O)C4CC4)C31)C2C(=O)O[CH-]C(F)(F)S(=O)(=O)[O-].[Rf]. The summed E-state index contributed by atoms with van der Waals surface area (Å²) in [5.74, 6) is -5.02. The molecule has 4 fully saturated rings. The van der Waals surface area contributed by atoms with Crippen LogP contribution in [0.15, 0.2) is 0 Å². The minimum absolute atomic E-state index is 0. The molecule has 3 saturated heterocycles. The zero-order valence-corrected chi connectivity index (χ0v) is 23.8. The summed E-state index contributed by atoms with van der Waals surface area (Å²) < 4.78 is 74.0. The molecule has 1 amide bonds. The Morgan fingerprint density at radius 1 is 1.26 bits per heavy atom. The van der Waals surface area contributed by atoms with Crippen LogP contribution in [0.5, 0.6) is 0 Å². The second kappa shape index (κ2) is 7.09. The van der Waals surface area contributed by atoms with Crippen LogP contribution >= 0.6 is 0 Å². The van der Waals surface area contributed by atoms with Crippen molar-refractivity contribution < 1.29 is 50.3 Å². The number of alkyl halides is 2. The Kier molecular flexibility index (Phi) is 5.22. The molecule has 170 valence electrons. The van der Waals surface area contributed by atoms with Crippen LogP contribution in [-0.4, -0.2) is 71.4 Å². The molecule has 6 unspecified atom stereocenters. The predicted octanol–water partition coefficient (Wildman–Crippen LogP) is -0.216. The van der Waals surface area contributed by atoms with Gasteiger partial charge in [-0.3, -0.25) is 14.4 Å². The summed E-state index contributed by atoms with van der Waals surface area (Å²) >= 11 is 0. The minimum atomic E-state index is -6.09. The van der Waals surface area contributed by atoms with Gasteiger partial charge in [0.25, 0.3) is 11.2 Å². The van der Waals surface area contributed by atoms with Crippen LogP contribution in [0.3, 0.4) is 0 Å². The molecule has 4 aliphatic rings. The van der Waals surface area contributed by atoms with Crippen LogP contribution in [-0.2, 0) is 38.7 Å². The molecule has 14 heteroatoms. The standard InChI is InChI=1S/C17H20F2NO9S.Rf/c1-6(2)20-10-11-8(14(20)21)9(16(23)27-5-17(18,19)30(24,25)26)12(28-11)13(10)29-15(22)7-3-4-7;/h5-13H,3-4H2,1-2H3,(H,24,25,26);/q-1;/p-1. The Bertz CT molecular complexity index is 894. The zero-order chi connectivity index (χ0) is 22.2. The molecule has 6 atom stereocenters. The van der Waals surface area contributed by atoms with Crippen molar-refractivity contribution in [2.75, 3.05) is 0 Å². The second-order valence-electron chi connectivity index (χ2n) is 8.19. The topological polar surface area (TPSA) is 139 Å². The molecule has 0 aromatic rings. The first-order valence-electron chi connectivity index (χ1n) is 9.41. The van der Waals surface area contributed by atoms with E-state index < -0.39 is 76.0 Å². The van der Waals surface area contributed by atoms with Gasteiger partial charge in [-0.05, 0) is 26.7 Å². The van der Waals surface area contributed by atoms with Crippen LogP contribution in [0.25, 0.3) is 0 Å². The number of nitrogens with zero attached hydrogens (tertiary/aromatic N) is 1. The van der Waals surface area contributed by atoms with Gasteiger partial charge in [-0.15, -0.1) is 0 Å². The van der Waals surface area contributed by atoms with Crippen molar-refractivity contribution >= 4 is 28.0 Å². The number of hydrogen-bond donors (Lipinski definition) is 0. The van der Waals surface area contributed by atoms with Gasteiger partial charge < -0.3 is 23.7 Å². The average molecular weight is 718 g/mol. The van der Waals surface area contributed by atoms with Gasteiger partial charge in [-0.2, -0.15) is 0 Å². The molecule has 0 aromatic carbocycles. The number of amides is 1. The maximum atomic E-state index is 13.3. The largest absolute Gasteiger partial charge is 0.746 e. The Hall–Kier alpha value is -2.86. The van der Waals surface area contributed by atoms with E-state index in [0.29, 0.717) is 12.8 Å². The van der Waals surface area contributed by atoms with E-state index in [2.05, 4.69) is 4.74 Å². The van der Waals surface area contributed by atoms with E-state index in [-0.39, 0.29) is 12.0 Å². The first kappa shape index (κ1) is 22.8. The summed E-state index contributed by atoms with van der Waals surface area (Å²) in [6.45, 7) is 2.80. The average Bonchev–Trinajstić information content (AvgIpc) is 3.28. The van der Waals surface area contributed by atoms with Crippen molar-refractivity contribution in [2.45, 2.75) is 62.3 Å². The number of ether oxygens (including phenoxy) is 3. The molecule has 4 rings (SSSR count). The number of halogens is 2. The molecule has 3 aliphatic heterocycles. The van der Waals surface area contributed by atoms with E-state index in [1.54, 1.807) is 13.8 Å². The van der Waals surface area contributed by atoms with Gasteiger partial charge in [0.2, 0.25) is 5.91 Å². The maximum Gasteiger partial charge on any atom is 0.309 e. The Morgan fingerprint density at radius 2 is 1.87 bits per heavy atom. The predicted molar refractivity (Wildman–Crippen MR) is 89.1 cm³/mol. The smallest absolute Gasteiger partial charge is 0.309 e. The maximum absolute atomic E-state index is 13.3. The molecule has 2 bridgehead atoms. The van der Waals surface area contributed by atoms with E-state index in [1.807, 2.05) is 0 Å². The van der Waals surface area contributed by atoms with Crippen LogP contribution in [0, 0.1) is 24.4 Å². The first-order chi connectivity index (χ1) is 13.8. The van der Waals surface area contributed by atoms with E-state index in [1.165, 1.54) is 4.90 Å². The van der Waals surface area contributed by atoms with Crippen LogP contribution in [0.2, 0.25) is 0 Å². The van der Waals surface area contributed by atoms with Crippen LogP contribution < -0.4 is 0 Å². The third kappa shape index (κ3) is 3.39. The summed E-state index contributed by atoms with van der Waals surface area (Å²) in [5.41, 5.74) is 0. The molecule has 3 heterocycles. The van der Waals surface area contributed by atoms with Crippen molar-refractivity contribution in [1.29, 1.82) is 0 Å². The van der Waals surface area contributed by atoms with E-state index >= 15 is 0 Å². The molecule has 0 radical (unpaired) electrons. The van der Waals surface area contributed by atoms with E-state index in [9.17, 15) is 36.1 Å². The molecule has 0 N–H and O–H groups in total. The Balaban J connectivity index is 0.00000272. The number of esters is 2. The fourth-order valence-electron chi connectivity index (χ4n) is 4.47. The fraction of sp³-hybridized carbons (Fsp3) is 0.765. The van der Waals surface area contributed by atoms with Crippen molar-refractivity contribution in [3.63, 3.8) is 0 Å². The number of carbonyl (C=O) groups is 3. The molecule has 0 aromatic heterocycles. The van der Waals surface area contributed by atoms with Crippen molar-refractivity contribution in [1.82, 2.24) is 4.90 Å². The second-order valence-corrected chi connectivity index (χ2v) is 9.65. The number of hydrogen-bond acceptors (Lipinski definition) is 9. The van der Waals surface area contributed by atoms with Gasteiger partial charge in [0.05, 0.1) is 29.9 Å². The van der Waals surface area contributed by atoms with Crippen molar-refractivity contribution in [2.24, 2.45) is 17.8 Å². The number of carbonyl (C=O) groups excluding carboxylic acids is 3. The molecule has 0 spiro atoms. The summed E-state index contributed by atoms with van der Waals surface area (Å²) in [4.78, 5) is 39.1. The van der Waals surface area contributed by atoms with Crippen LogP contribution in [0.1, 0.15) is 26.7 Å². The first-order valence-corrected chi connectivity index (χ1v) is 10.8. The van der Waals surface area contributed by atoms with Gasteiger partial charge in [0, 0.05) is 6.04 Å². The van der Waals surface area contributed by atoms with Gasteiger partial charge >= 0.3 is 5.97 Å². The quantitative estimate of drug-likeness (QED) is 0.199. The van der Waals surface area contributed by atoms with E-state index in [0.717, 1.165) is 0 Å². The van der Waals surface area contributed by atoms with Crippen LogP contribution in [0.4, 0.5) is 8.78 Å². The normalized spacial score (nSPS) is 34.1. The molecular weight excluding hydrogens is 699 g/mol. The molecule has 10 nitrogen and oxygen atoms in total. The number of fused-ring (bicyclic) bond motifs is 1. The Labute approximate surface area is 170 Å². The van der Waals surface area contributed by atoms with Gasteiger partial charge in [-0.1, -0.05) is 6.61 Å². The number of rotatable bonds is 7. The molecule has 1 aliphatic carbocycles. The molecule has 31 heavy (non-hydrogen) atoms. The summed E-state index contributed by atoms with van der Waals surface area (Å²) in [7, 11) is -6.09. The monoisotopic (exact) mass is 718 g/mol. The van der Waals surface area contributed by atoms with Gasteiger partial charge in [-0.25, -0.2) is 17.2 Å². The fourth-order valence-corrected chi connectivity index (χ4v) is 4.64. The molecular formula is C17H19F2NO9RfS-2. The summed E-state index contributed by atoms with van der Waals surface area (Å²) in [6.07, 6.45) is -1.57. The van der Waals surface area contributed by atoms with Gasteiger partial charge in [0.1, 0.15) is 16.2 Å². The number of likely N-dealkylation sites (tertiary alicyclic amines) is 1. The van der Waals surface area contributed by atoms with Crippen molar-refractivity contribution in [3.8, 4) is 0 Å². The molecule has 1 saturated carbocycles. The third-order valence-corrected chi connectivity index (χ3v) is 6.67. The Morgan fingerprint density at radius 3 is 2.39 bits per heavy atom. The van der Waals surface area contributed by atoms with Crippen molar-refractivity contribution in [3.05, 3.63) is 6.61 Å². The third-order valence-electron chi connectivity index (χ3n) is 5.90.